The van der Waals surface area contributed by atoms with Gasteiger partial charge in [-0.15, -0.1) is 0 Å². The summed E-state index contributed by atoms with van der Waals surface area (Å²) in [5.74, 6) is 0.691. The number of non-ortho nitro benzene ring substituents is 1. The summed E-state index contributed by atoms with van der Waals surface area (Å²) in [5.41, 5.74) is 0.0938. The van der Waals surface area contributed by atoms with Gasteiger partial charge >= 0.3 is 0 Å². The normalized spacial score (nSPS) is 19.4. The van der Waals surface area contributed by atoms with Crippen LogP contribution in [-0.4, -0.2) is 24.1 Å². The number of benzene rings is 1. The van der Waals surface area contributed by atoms with Gasteiger partial charge < -0.3 is 10.1 Å². The lowest BCUT2D eigenvalue weighted by Crippen LogP contribution is -2.35. The van der Waals surface area contributed by atoms with Gasteiger partial charge in [-0.3, -0.25) is 10.1 Å². The smallest absolute Gasteiger partial charge is 0.269 e. The van der Waals surface area contributed by atoms with Crippen molar-refractivity contribution in [3.8, 4) is 5.75 Å². The minimum atomic E-state index is -0.407. The fraction of sp³-hybridized carbons (Fsp3) is 0.538. The molecule has 18 heavy (non-hydrogen) atoms. The van der Waals surface area contributed by atoms with Crippen LogP contribution in [0.2, 0.25) is 0 Å². The number of piperidine rings is 1. The highest BCUT2D eigenvalue weighted by Crippen LogP contribution is 2.18. The van der Waals surface area contributed by atoms with Gasteiger partial charge in [0.05, 0.1) is 11.5 Å². The summed E-state index contributed by atoms with van der Waals surface area (Å²) in [7, 11) is 0. The number of ether oxygens (including phenoxy) is 1. The van der Waals surface area contributed by atoms with E-state index in [0.717, 1.165) is 13.0 Å². The Labute approximate surface area is 106 Å². The van der Waals surface area contributed by atoms with E-state index in [1.54, 1.807) is 12.1 Å². The number of rotatable bonds is 5. The van der Waals surface area contributed by atoms with Crippen LogP contribution in [0.4, 0.5) is 5.69 Å². The number of nitro groups is 1. The molecule has 0 aromatic heterocycles. The van der Waals surface area contributed by atoms with E-state index in [1.807, 2.05) is 0 Å². The Bertz CT molecular complexity index is 386. The van der Waals surface area contributed by atoms with Crippen LogP contribution in [0.5, 0.6) is 5.75 Å². The third kappa shape index (κ3) is 3.70. The van der Waals surface area contributed by atoms with Gasteiger partial charge in [0, 0.05) is 18.2 Å². The highest BCUT2D eigenvalue weighted by molar-refractivity contribution is 5.35. The molecule has 1 aromatic rings. The van der Waals surface area contributed by atoms with Gasteiger partial charge in [-0.05, 0) is 37.9 Å². The molecule has 0 spiro atoms. The average Bonchev–Trinajstić information content (AvgIpc) is 2.40. The van der Waals surface area contributed by atoms with Crippen molar-refractivity contribution in [2.24, 2.45) is 0 Å². The second-order valence-electron chi connectivity index (χ2n) is 4.53. The zero-order chi connectivity index (χ0) is 12.8. The summed E-state index contributed by atoms with van der Waals surface area (Å²) in [6.45, 7) is 1.75. The lowest BCUT2D eigenvalue weighted by Gasteiger charge is -2.23. The Morgan fingerprint density at radius 2 is 2.11 bits per heavy atom. The fourth-order valence-corrected chi connectivity index (χ4v) is 2.15. The minimum absolute atomic E-state index is 0.0938. The number of hydrogen-bond donors (Lipinski definition) is 1. The van der Waals surface area contributed by atoms with E-state index < -0.39 is 4.92 Å². The molecule has 1 fully saturated rings. The second kappa shape index (κ2) is 6.35. The molecule has 0 amide bonds. The molecule has 1 atom stereocenters. The standard InChI is InChI=1S/C13H18N2O3/c16-15(17)12-4-6-13(7-5-12)18-10-8-11-3-1-2-9-14-11/h4-7,11,14H,1-3,8-10H2/t11-/m0/s1. The topological polar surface area (TPSA) is 64.4 Å². The van der Waals surface area contributed by atoms with Crippen LogP contribution in [0.25, 0.3) is 0 Å². The van der Waals surface area contributed by atoms with Crippen molar-refractivity contribution >= 4 is 5.69 Å². The summed E-state index contributed by atoms with van der Waals surface area (Å²) in [6, 6.07) is 6.78. The van der Waals surface area contributed by atoms with E-state index in [-0.39, 0.29) is 5.69 Å². The fourth-order valence-electron chi connectivity index (χ4n) is 2.15. The molecule has 2 rings (SSSR count). The molecule has 0 saturated carbocycles. The maximum Gasteiger partial charge on any atom is 0.269 e. The first kappa shape index (κ1) is 12.8. The van der Waals surface area contributed by atoms with Crippen molar-refractivity contribution < 1.29 is 9.66 Å². The van der Waals surface area contributed by atoms with E-state index in [4.69, 9.17) is 4.74 Å². The van der Waals surface area contributed by atoms with Crippen LogP contribution < -0.4 is 10.1 Å². The second-order valence-corrected chi connectivity index (χ2v) is 4.53. The maximum absolute atomic E-state index is 10.5. The third-order valence-electron chi connectivity index (χ3n) is 3.19. The molecule has 5 heteroatoms. The Balaban J connectivity index is 1.74. The average molecular weight is 250 g/mol. The molecular weight excluding hydrogens is 232 g/mol. The Morgan fingerprint density at radius 1 is 1.33 bits per heavy atom. The predicted molar refractivity (Wildman–Crippen MR) is 68.9 cm³/mol. The molecule has 0 radical (unpaired) electrons. The summed E-state index contributed by atoms with van der Waals surface area (Å²) in [4.78, 5) is 10.1. The first-order valence-corrected chi connectivity index (χ1v) is 6.36. The summed E-state index contributed by atoms with van der Waals surface area (Å²) < 4.78 is 5.58. The number of nitrogens with zero attached hydrogens (tertiary/aromatic N) is 1. The van der Waals surface area contributed by atoms with E-state index >= 15 is 0 Å². The monoisotopic (exact) mass is 250 g/mol. The molecule has 1 heterocycles. The van der Waals surface area contributed by atoms with Crippen molar-refractivity contribution in [3.05, 3.63) is 34.4 Å². The van der Waals surface area contributed by atoms with Crippen molar-refractivity contribution in [2.45, 2.75) is 31.7 Å². The zero-order valence-corrected chi connectivity index (χ0v) is 10.3. The van der Waals surface area contributed by atoms with Crippen LogP contribution in [0.15, 0.2) is 24.3 Å². The predicted octanol–water partition coefficient (Wildman–Crippen LogP) is 2.51. The molecule has 1 aromatic carbocycles. The summed E-state index contributed by atoms with van der Waals surface area (Å²) in [5, 5.41) is 13.9. The first-order chi connectivity index (χ1) is 8.75. The van der Waals surface area contributed by atoms with E-state index in [1.165, 1.54) is 31.4 Å². The van der Waals surface area contributed by atoms with Gasteiger partial charge in [-0.2, -0.15) is 0 Å². The SMILES string of the molecule is O=[N+]([O-])c1ccc(OCC[C@@H]2CCCCN2)cc1. The highest BCUT2D eigenvalue weighted by Gasteiger charge is 2.12. The summed E-state index contributed by atoms with van der Waals surface area (Å²) in [6.07, 6.45) is 4.75. The number of nitrogens with one attached hydrogen (secondary N) is 1. The summed E-state index contributed by atoms with van der Waals surface area (Å²) >= 11 is 0. The first-order valence-electron chi connectivity index (χ1n) is 6.36. The lowest BCUT2D eigenvalue weighted by molar-refractivity contribution is -0.384. The number of hydrogen-bond acceptors (Lipinski definition) is 4. The van der Waals surface area contributed by atoms with Gasteiger partial charge in [0.1, 0.15) is 5.75 Å². The Kier molecular flexibility index (Phi) is 4.52. The molecule has 0 aliphatic carbocycles. The van der Waals surface area contributed by atoms with Crippen molar-refractivity contribution in [2.75, 3.05) is 13.2 Å². The maximum atomic E-state index is 10.5. The Hall–Kier alpha value is -1.62. The molecule has 1 aliphatic rings. The molecule has 1 saturated heterocycles. The van der Waals surface area contributed by atoms with Crippen LogP contribution in [0.1, 0.15) is 25.7 Å². The minimum Gasteiger partial charge on any atom is -0.494 e. The van der Waals surface area contributed by atoms with Crippen LogP contribution in [-0.2, 0) is 0 Å². The van der Waals surface area contributed by atoms with Crippen molar-refractivity contribution in [3.63, 3.8) is 0 Å². The highest BCUT2D eigenvalue weighted by atomic mass is 16.6. The van der Waals surface area contributed by atoms with Crippen LogP contribution >= 0.6 is 0 Å². The lowest BCUT2D eigenvalue weighted by atomic mass is 10.0. The molecule has 0 bridgehead atoms. The van der Waals surface area contributed by atoms with Gasteiger partial charge in [-0.1, -0.05) is 6.42 Å². The van der Waals surface area contributed by atoms with Crippen LogP contribution in [0.3, 0.4) is 0 Å². The molecule has 0 unspecified atom stereocenters. The quantitative estimate of drug-likeness (QED) is 0.644. The zero-order valence-electron chi connectivity index (χ0n) is 10.3. The molecule has 98 valence electrons. The van der Waals surface area contributed by atoms with E-state index in [0.29, 0.717) is 18.4 Å². The number of nitro benzene ring substituents is 1. The van der Waals surface area contributed by atoms with Gasteiger partial charge in [0.25, 0.3) is 5.69 Å². The molecule has 1 N–H and O–H groups in total. The third-order valence-corrected chi connectivity index (χ3v) is 3.19. The Morgan fingerprint density at radius 3 is 2.72 bits per heavy atom. The largest absolute Gasteiger partial charge is 0.494 e. The molecule has 5 nitrogen and oxygen atoms in total. The van der Waals surface area contributed by atoms with Crippen LogP contribution in [0, 0.1) is 10.1 Å². The molecular formula is C13H18N2O3. The van der Waals surface area contributed by atoms with Gasteiger partial charge in [0.15, 0.2) is 0 Å². The van der Waals surface area contributed by atoms with Gasteiger partial charge in [0.2, 0.25) is 0 Å². The van der Waals surface area contributed by atoms with E-state index in [2.05, 4.69) is 5.32 Å². The van der Waals surface area contributed by atoms with E-state index in [9.17, 15) is 10.1 Å². The van der Waals surface area contributed by atoms with Gasteiger partial charge in [-0.25, -0.2) is 0 Å². The molecule has 1 aliphatic heterocycles. The van der Waals surface area contributed by atoms with Crippen molar-refractivity contribution in [1.82, 2.24) is 5.32 Å². The van der Waals surface area contributed by atoms with Crippen molar-refractivity contribution in [1.29, 1.82) is 0 Å².